The molecule has 1 aliphatic carbocycles. The quantitative estimate of drug-likeness (QED) is 0.537. The monoisotopic (exact) mass is 517 g/mol. The SMILES string of the molecule is O=C(CNc1cccc2c1CCN(CC1CC1)C2)N(Cc1ccccc1C(F)(F)F)CC1COCCO1. The number of hydrogen-bond donors (Lipinski definition) is 1. The van der Waals surface area contributed by atoms with E-state index in [9.17, 15) is 18.0 Å². The minimum absolute atomic E-state index is 0.00992. The summed E-state index contributed by atoms with van der Waals surface area (Å²) in [6.07, 6.45) is -1.30. The first-order valence-corrected chi connectivity index (χ1v) is 13.1. The van der Waals surface area contributed by atoms with Crippen LogP contribution in [0.5, 0.6) is 0 Å². The van der Waals surface area contributed by atoms with E-state index < -0.39 is 11.7 Å². The third kappa shape index (κ3) is 6.83. The molecule has 0 spiro atoms. The Morgan fingerprint density at radius 1 is 1.11 bits per heavy atom. The number of alkyl halides is 3. The number of anilines is 1. The minimum Gasteiger partial charge on any atom is -0.376 e. The zero-order valence-electron chi connectivity index (χ0n) is 20.9. The summed E-state index contributed by atoms with van der Waals surface area (Å²) < 4.78 is 52.0. The number of fused-ring (bicyclic) bond motifs is 1. The molecular formula is C28H34F3N3O3. The van der Waals surface area contributed by atoms with Gasteiger partial charge in [-0.25, -0.2) is 0 Å². The van der Waals surface area contributed by atoms with E-state index in [4.69, 9.17) is 9.47 Å². The summed E-state index contributed by atoms with van der Waals surface area (Å²) in [6, 6.07) is 11.5. The lowest BCUT2D eigenvalue weighted by Gasteiger charge is -2.32. The highest BCUT2D eigenvalue weighted by molar-refractivity contribution is 5.81. The molecule has 0 radical (unpaired) electrons. The van der Waals surface area contributed by atoms with Crippen molar-refractivity contribution in [1.82, 2.24) is 9.80 Å². The van der Waals surface area contributed by atoms with E-state index in [1.54, 1.807) is 6.07 Å². The van der Waals surface area contributed by atoms with E-state index in [2.05, 4.69) is 16.3 Å². The van der Waals surface area contributed by atoms with E-state index in [1.807, 2.05) is 12.1 Å². The highest BCUT2D eigenvalue weighted by Gasteiger charge is 2.34. The predicted octanol–water partition coefficient (Wildman–Crippen LogP) is 4.33. The molecule has 2 aromatic carbocycles. The number of rotatable bonds is 9. The van der Waals surface area contributed by atoms with Crippen LogP contribution in [-0.4, -0.2) is 67.8 Å². The molecule has 5 rings (SSSR count). The normalized spacial score (nSPS) is 20.4. The van der Waals surface area contributed by atoms with Gasteiger partial charge in [0.2, 0.25) is 5.91 Å². The molecule has 1 unspecified atom stereocenters. The molecule has 37 heavy (non-hydrogen) atoms. The average molecular weight is 518 g/mol. The third-order valence-corrected chi connectivity index (χ3v) is 7.33. The first-order chi connectivity index (χ1) is 17.9. The zero-order chi connectivity index (χ0) is 25.8. The van der Waals surface area contributed by atoms with Crippen LogP contribution in [0.4, 0.5) is 18.9 Å². The predicted molar refractivity (Wildman–Crippen MR) is 134 cm³/mol. The molecule has 1 N–H and O–H groups in total. The van der Waals surface area contributed by atoms with Gasteiger partial charge in [0.1, 0.15) is 0 Å². The fraction of sp³-hybridized carbons (Fsp3) is 0.536. The van der Waals surface area contributed by atoms with E-state index in [1.165, 1.54) is 41.0 Å². The molecule has 2 aliphatic heterocycles. The standard InChI is InChI=1S/C28H34F3N3O3/c29-28(30,31)25-6-2-1-4-22(25)17-34(18-23-19-36-12-13-37-23)27(35)14-32-26-7-3-5-21-16-33(11-10-24(21)26)15-20-8-9-20/h1-7,20,23,32H,8-19H2. The number of ether oxygens (including phenoxy) is 2. The molecule has 2 heterocycles. The van der Waals surface area contributed by atoms with Gasteiger partial charge in [-0.3, -0.25) is 9.69 Å². The van der Waals surface area contributed by atoms with Crippen molar-refractivity contribution in [3.63, 3.8) is 0 Å². The maximum atomic E-state index is 13.6. The lowest BCUT2D eigenvalue weighted by molar-refractivity contribution is -0.141. The largest absolute Gasteiger partial charge is 0.416 e. The summed E-state index contributed by atoms with van der Waals surface area (Å²) in [6.45, 7) is 4.24. The number of nitrogens with zero attached hydrogens (tertiary/aromatic N) is 2. The van der Waals surface area contributed by atoms with E-state index in [0.717, 1.165) is 43.7 Å². The van der Waals surface area contributed by atoms with E-state index in [-0.39, 0.29) is 37.2 Å². The second-order valence-electron chi connectivity index (χ2n) is 10.2. The van der Waals surface area contributed by atoms with Crippen LogP contribution >= 0.6 is 0 Å². The number of amides is 1. The Balaban J connectivity index is 1.28. The van der Waals surface area contributed by atoms with Gasteiger partial charge in [-0.15, -0.1) is 0 Å². The summed E-state index contributed by atoms with van der Waals surface area (Å²) in [5, 5.41) is 3.28. The minimum atomic E-state index is -4.50. The number of carbonyl (C=O) groups is 1. The number of benzene rings is 2. The van der Waals surface area contributed by atoms with Gasteiger partial charge in [-0.2, -0.15) is 13.2 Å². The van der Waals surface area contributed by atoms with Crippen LogP contribution in [0.3, 0.4) is 0 Å². The molecule has 3 aliphatic rings. The smallest absolute Gasteiger partial charge is 0.376 e. The molecule has 0 aromatic heterocycles. The maximum absolute atomic E-state index is 13.6. The highest BCUT2D eigenvalue weighted by atomic mass is 19.4. The highest BCUT2D eigenvalue weighted by Crippen LogP contribution is 2.34. The van der Waals surface area contributed by atoms with Gasteiger partial charge in [0.25, 0.3) is 0 Å². The summed E-state index contributed by atoms with van der Waals surface area (Å²) in [5.74, 6) is 0.558. The van der Waals surface area contributed by atoms with Crippen LogP contribution < -0.4 is 5.32 Å². The van der Waals surface area contributed by atoms with Gasteiger partial charge in [0.05, 0.1) is 38.0 Å². The van der Waals surface area contributed by atoms with Crippen LogP contribution in [0, 0.1) is 5.92 Å². The molecule has 2 fully saturated rings. The molecule has 1 saturated carbocycles. The van der Waals surface area contributed by atoms with Crippen molar-refractivity contribution in [3.05, 3.63) is 64.7 Å². The van der Waals surface area contributed by atoms with Gasteiger partial charge in [-0.1, -0.05) is 30.3 Å². The molecule has 2 aromatic rings. The van der Waals surface area contributed by atoms with Crippen molar-refractivity contribution in [2.45, 2.75) is 44.6 Å². The van der Waals surface area contributed by atoms with Crippen LogP contribution in [0.15, 0.2) is 42.5 Å². The van der Waals surface area contributed by atoms with Crippen LogP contribution in [0.1, 0.15) is 35.1 Å². The molecule has 200 valence electrons. The molecule has 1 atom stereocenters. The van der Waals surface area contributed by atoms with Crippen molar-refractivity contribution in [1.29, 1.82) is 0 Å². The maximum Gasteiger partial charge on any atom is 0.416 e. The molecule has 0 bridgehead atoms. The fourth-order valence-electron chi connectivity index (χ4n) is 5.22. The second-order valence-corrected chi connectivity index (χ2v) is 10.2. The van der Waals surface area contributed by atoms with Gasteiger partial charge < -0.3 is 19.7 Å². The number of hydrogen-bond acceptors (Lipinski definition) is 5. The Bertz CT molecular complexity index is 1080. The number of halogens is 3. The van der Waals surface area contributed by atoms with Crippen molar-refractivity contribution in [2.75, 3.05) is 51.3 Å². The Kier molecular flexibility index (Phi) is 8.02. The van der Waals surface area contributed by atoms with Crippen molar-refractivity contribution in [2.24, 2.45) is 5.92 Å². The van der Waals surface area contributed by atoms with Crippen LogP contribution in [-0.2, 0) is 40.0 Å². The van der Waals surface area contributed by atoms with E-state index in [0.29, 0.717) is 19.8 Å². The molecular weight excluding hydrogens is 483 g/mol. The molecule has 1 saturated heterocycles. The first kappa shape index (κ1) is 26.0. The van der Waals surface area contributed by atoms with Gasteiger partial charge >= 0.3 is 6.18 Å². The summed E-state index contributed by atoms with van der Waals surface area (Å²) in [7, 11) is 0. The zero-order valence-corrected chi connectivity index (χ0v) is 20.9. The van der Waals surface area contributed by atoms with Crippen molar-refractivity contribution >= 4 is 11.6 Å². The van der Waals surface area contributed by atoms with Gasteiger partial charge in [-0.05, 0) is 54.0 Å². The van der Waals surface area contributed by atoms with Gasteiger partial charge in [0.15, 0.2) is 0 Å². The number of carbonyl (C=O) groups excluding carboxylic acids is 1. The van der Waals surface area contributed by atoms with Crippen LogP contribution in [0.25, 0.3) is 0 Å². The third-order valence-electron chi connectivity index (χ3n) is 7.33. The number of nitrogens with one attached hydrogen (secondary N) is 1. The van der Waals surface area contributed by atoms with Crippen LogP contribution in [0.2, 0.25) is 0 Å². The Morgan fingerprint density at radius 3 is 2.70 bits per heavy atom. The van der Waals surface area contributed by atoms with Crippen molar-refractivity contribution < 1.29 is 27.4 Å². The Labute approximate surface area is 215 Å². The van der Waals surface area contributed by atoms with Gasteiger partial charge in [0, 0.05) is 38.4 Å². The average Bonchev–Trinajstić information content (AvgIpc) is 3.71. The summed E-state index contributed by atoms with van der Waals surface area (Å²) in [5.41, 5.74) is 2.75. The lowest BCUT2D eigenvalue weighted by atomic mass is 9.97. The molecule has 9 heteroatoms. The molecule has 6 nitrogen and oxygen atoms in total. The first-order valence-electron chi connectivity index (χ1n) is 13.1. The second kappa shape index (κ2) is 11.4. The van der Waals surface area contributed by atoms with E-state index >= 15 is 0 Å². The van der Waals surface area contributed by atoms with Crippen molar-refractivity contribution in [3.8, 4) is 0 Å². The lowest BCUT2D eigenvalue weighted by Crippen LogP contribution is -2.44. The Hall–Kier alpha value is -2.62. The summed E-state index contributed by atoms with van der Waals surface area (Å²) >= 11 is 0. The molecule has 1 amide bonds. The topological polar surface area (TPSA) is 54.0 Å². The Morgan fingerprint density at radius 2 is 1.95 bits per heavy atom. The fourth-order valence-corrected chi connectivity index (χ4v) is 5.22. The summed E-state index contributed by atoms with van der Waals surface area (Å²) in [4.78, 5) is 17.3.